The molecule has 1 aromatic carbocycles. The summed E-state index contributed by atoms with van der Waals surface area (Å²) in [4.78, 5) is 2.59. The number of halogens is 1. The fourth-order valence-electron chi connectivity index (χ4n) is 2.45. The van der Waals surface area contributed by atoms with Gasteiger partial charge in [-0.25, -0.2) is 0 Å². The van der Waals surface area contributed by atoms with Crippen molar-refractivity contribution in [3.63, 3.8) is 0 Å². The third kappa shape index (κ3) is 4.76. The van der Waals surface area contributed by atoms with Gasteiger partial charge >= 0.3 is 0 Å². The molecule has 0 amide bonds. The van der Waals surface area contributed by atoms with Gasteiger partial charge in [-0.3, -0.25) is 4.90 Å². The zero-order chi connectivity index (χ0) is 14.4. The van der Waals surface area contributed by atoms with Crippen LogP contribution in [-0.2, 0) is 13.1 Å². The first kappa shape index (κ1) is 16.3. The highest BCUT2D eigenvalue weighted by molar-refractivity contribution is 9.10. The standard InChI is InChI=1S/C16H25BrN2S/c1-3-6-18-10-14-4-5-15(16(17)9-14)11-19-7-8-20-12-13(19)2/h4-5,9,13,18H,3,6-8,10-12H2,1-2H3. The predicted molar refractivity (Wildman–Crippen MR) is 93.3 cm³/mol. The van der Waals surface area contributed by atoms with Crippen molar-refractivity contribution in [2.45, 2.75) is 39.4 Å². The first-order chi connectivity index (χ1) is 9.70. The van der Waals surface area contributed by atoms with Crippen LogP contribution in [0.25, 0.3) is 0 Å². The van der Waals surface area contributed by atoms with Gasteiger partial charge in [0.25, 0.3) is 0 Å². The minimum atomic E-state index is 0.687. The lowest BCUT2D eigenvalue weighted by molar-refractivity contribution is 0.223. The highest BCUT2D eigenvalue weighted by Gasteiger charge is 2.19. The lowest BCUT2D eigenvalue weighted by Crippen LogP contribution is -2.39. The van der Waals surface area contributed by atoms with Gasteiger partial charge < -0.3 is 5.32 Å². The number of nitrogens with one attached hydrogen (secondary N) is 1. The molecule has 0 spiro atoms. The molecule has 4 heteroatoms. The molecule has 1 atom stereocenters. The van der Waals surface area contributed by atoms with E-state index in [2.05, 4.69) is 70.0 Å². The summed E-state index contributed by atoms with van der Waals surface area (Å²) < 4.78 is 1.25. The van der Waals surface area contributed by atoms with Gasteiger partial charge in [-0.15, -0.1) is 0 Å². The van der Waals surface area contributed by atoms with Crippen LogP contribution in [0.1, 0.15) is 31.4 Å². The van der Waals surface area contributed by atoms with Gasteiger partial charge in [0.15, 0.2) is 0 Å². The third-order valence-electron chi connectivity index (χ3n) is 3.75. The minimum absolute atomic E-state index is 0.687. The number of thioether (sulfide) groups is 1. The molecule has 1 saturated heterocycles. The van der Waals surface area contributed by atoms with Crippen molar-refractivity contribution in [1.82, 2.24) is 10.2 Å². The Balaban J connectivity index is 1.94. The van der Waals surface area contributed by atoms with E-state index in [0.29, 0.717) is 6.04 Å². The molecule has 1 fully saturated rings. The largest absolute Gasteiger partial charge is 0.313 e. The third-order valence-corrected chi connectivity index (χ3v) is 5.68. The van der Waals surface area contributed by atoms with Gasteiger partial charge in [-0.05, 0) is 37.1 Å². The Morgan fingerprint density at radius 3 is 3.00 bits per heavy atom. The number of rotatable bonds is 6. The summed E-state index contributed by atoms with van der Waals surface area (Å²) in [6.45, 7) is 8.85. The maximum Gasteiger partial charge on any atom is 0.0248 e. The van der Waals surface area contributed by atoms with Gasteiger partial charge in [0.2, 0.25) is 0 Å². The molecule has 1 aliphatic heterocycles. The van der Waals surface area contributed by atoms with Crippen LogP contribution < -0.4 is 5.32 Å². The van der Waals surface area contributed by atoms with Crippen LogP contribution in [-0.4, -0.2) is 35.5 Å². The molecule has 20 heavy (non-hydrogen) atoms. The lowest BCUT2D eigenvalue weighted by Gasteiger charge is -2.33. The van der Waals surface area contributed by atoms with Gasteiger partial charge in [0, 0.05) is 41.7 Å². The van der Waals surface area contributed by atoms with E-state index < -0.39 is 0 Å². The second-order valence-corrected chi connectivity index (χ2v) is 7.50. The van der Waals surface area contributed by atoms with Crippen LogP contribution in [0, 0.1) is 0 Å². The molecule has 2 nitrogen and oxygen atoms in total. The predicted octanol–water partition coefficient (Wildman–Crippen LogP) is 3.89. The zero-order valence-electron chi connectivity index (χ0n) is 12.5. The van der Waals surface area contributed by atoms with Crippen LogP contribution in [0.15, 0.2) is 22.7 Å². The summed E-state index contributed by atoms with van der Waals surface area (Å²) in [5.74, 6) is 2.53. The van der Waals surface area contributed by atoms with Crippen molar-refractivity contribution in [1.29, 1.82) is 0 Å². The van der Waals surface area contributed by atoms with Crippen LogP contribution in [0.4, 0.5) is 0 Å². The number of benzene rings is 1. The van der Waals surface area contributed by atoms with E-state index in [1.807, 2.05) is 0 Å². The Bertz CT molecular complexity index is 425. The lowest BCUT2D eigenvalue weighted by atomic mass is 10.1. The molecule has 0 radical (unpaired) electrons. The Morgan fingerprint density at radius 1 is 1.45 bits per heavy atom. The molecule has 1 heterocycles. The molecule has 0 saturated carbocycles. The summed E-state index contributed by atoms with van der Waals surface area (Å²) in [6, 6.07) is 7.49. The first-order valence-electron chi connectivity index (χ1n) is 7.50. The molecule has 1 aromatic rings. The van der Waals surface area contributed by atoms with Crippen molar-refractivity contribution < 1.29 is 0 Å². The van der Waals surface area contributed by atoms with E-state index in [1.165, 1.54) is 40.1 Å². The molecule has 0 aliphatic carbocycles. The molecule has 1 N–H and O–H groups in total. The Hall–Kier alpha value is -0.0300. The Labute approximate surface area is 135 Å². The maximum absolute atomic E-state index is 3.74. The number of hydrogen-bond acceptors (Lipinski definition) is 3. The van der Waals surface area contributed by atoms with Crippen LogP contribution >= 0.6 is 27.7 Å². The van der Waals surface area contributed by atoms with E-state index in [4.69, 9.17) is 0 Å². The SMILES string of the molecule is CCCNCc1ccc(CN2CCSCC2C)c(Br)c1. The molecule has 2 rings (SSSR count). The fraction of sp³-hybridized carbons (Fsp3) is 0.625. The zero-order valence-corrected chi connectivity index (χ0v) is 14.9. The molecule has 1 unspecified atom stereocenters. The normalized spacial score (nSPS) is 20.2. The van der Waals surface area contributed by atoms with Crippen LogP contribution in [0.3, 0.4) is 0 Å². The quantitative estimate of drug-likeness (QED) is 0.778. The number of nitrogens with zero attached hydrogens (tertiary/aromatic N) is 1. The average Bonchev–Trinajstić information content (AvgIpc) is 2.44. The molecular formula is C16H25BrN2S. The van der Waals surface area contributed by atoms with E-state index in [9.17, 15) is 0 Å². The molecule has 1 aliphatic rings. The molecule has 0 aromatic heterocycles. The van der Waals surface area contributed by atoms with E-state index in [0.717, 1.165) is 19.6 Å². The first-order valence-corrected chi connectivity index (χ1v) is 9.45. The summed E-state index contributed by atoms with van der Waals surface area (Å²) in [6.07, 6.45) is 1.18. The Kier molecular flexibility index (Phi) is 6.88. The summed E-state index contributed by atoms with van der Waals surface area (Å²) >= 11 is 5.82. The van der Waals surface area contributed by atoms with Crippen molar-refractivity contribution in [3.05, 3.63) is 33.8 Å². The van der Waals surface area contributed by atoms with Gasteiger partial charge in [0.05, 0.1) is 0 Å². The summed E-state index contributed by atoms with van der Waals surface area (Å²) in [5.41, 5.74) is 2.76. The topological polar surface area (TPSA) is 15.3 Å². The number of hydrogen-bond donors (Lipinski definition) is 1. The highest BCUT2D eigenvalue weighted by atomic mass is 79.9. The smallest absolute Gasteiger partial charge is 0.0248 e. The van der Waals surface area contributed by atoms with Crippen molar-refractivity contribution in [3.8, 4) is 0 Å². The fourth-order valence-corrected chi connectivity index (χ4v) is 4.09. The van der Waals surface area contributed by atoms with Crippen LogP contribution in [0.2, 0.25) is 0 Å². The van der Waals surface area contributed by atoms with E-state index >= 15 is 0 Å². The van der Waals surface area contributed by atoms with E-state index in [1.54, 1.807) is 0 Å². The van der Waals surface area contributed by atoms with Crippen molar-refractivity contribution >= 4 is 27.7 Å². The van der Waals surface area contributed by atoms with Gasteiger partial charge in [-0.2, -0.15) is 11.8 Å². The van der Waals surface area contributed by atoms with Gasteiger partial charge in [0.1, 0.15) is 0 Å². The van der Waals surface area contributed by atoms with E-state index in [-0.39, 0.29) is 0 Å². The molecular weight excluding hydrogens is 332 g/mol. The van der Waals surface area contributed by atoms with Crippen molar-refractivity contribution in [2.75, 3.05) is 24.6 Å². The maximum atomic E-state index is 3.74. The van der Waals surface area contributed by atoms with Crippen molar-refractivity contribution in [2.24, 2.45) is 0 Å². The monoisotopic (exact) mass is 356 g/mol. The Morgan fingerprint density at radius 2 is 2.30 bits per heavy atom. The summed E-state index contributed by atoms with van der Waals surface area (Å²) in [7, 11) is 0. The highest BCUT2D eigenvalue weighted by Crippen LogP contribution is 2.24. The molecule has 112 valence electrons. The second kappa shape index (κ2) is 8.42. The average molecular weight is 357 g/mol. The molecule has 0 bridgehead atoms. The van der Waals surface area contributed by atoms with Crippen LogP contribution in [0.5, 0.6) is 0 Å². The minimum Gasteiger partial charge on any atom is -0.313 e. The van der Waals surface area contributed by atoms with Gasteiger partial charge in [-0.1, -0.05) is 35.0 Å². The summed E-state index contributed by atoms with van der Waals surface area (Å²) in [5, 5.41) is 3.45. The second-order valence-electron chi connectivity index (χ2n) is 5.50.